The summed E-state index contributed by atoms with van der Waals surface area (Å²) < 4.78 is 26.6. The molecule has 0 radical (unpaired) electrons. The van der Waals surface area contributed by atoms with Crippen LogP contribution in [0.25, 0.3) is 0 Å². The van der Waals surface area contributed by atoms with Crippen LogP contribution in [0.4, 0.5) is 5.69 Å². The Balaban J connectivity index is 1.58. The number of nitrogens with two attached hydrogens (primary N) is 1. The van der Waals surface area contributed by atoms with Gasteiger partial charge in [-0.15, -0.1) is 0 Å². The van der Waals surface area contributed by atoms with E-state index in [1.165, 1.54) is 16.4 Å². The minimum absolute atomic E-state index is 0.114. The van der Waals surface area contributed by atoms with Crippen molar-refractivity contribution in [2.45, 2.75) is 43.5 Å². The normalized spacial score (nSPS) is 20.8. The van der Waals surface area contributed by atoms with Crippen molar-refractivity contribution in [1.29, 1.82) is 0 Å². The molecule has 2 saturated heterocycles. The predicted octanol–water partition coefficient (Wildman–Crippen LogP) is 0.995. The number of sulfonamides is 1. The monoisotopic (exact) mass is 408 g/mol. The number of carbonyl (C=O) groups is 2. The molecule has 1 unspecified atom stereocenters. The first-order valence-corrected chi connectivity index (χ1v) is 11.2. The summed E-state index contributed by atoms with van der Waals surface area (Å²) in [5, 5.41) is 2.84. The number of likely N-dealkylation sites (tertiary alicyclic amines) is 1. The minimum Gasteiger partial charge on any atom is -0.369 e. The summed E-state index contributed by atoms with van der Waals surface area (Å²) in [5.74, 6) is -0.551. The van der Waals surface area contributed by atoms with Crippen LogP contribution in [0.2, 0.25) is 0 Å². The number of amides is 2. The molecule has 2 aliphatic rings. The second-order valence-electron chi connectivity index (χ2n) is 7.51. The number of piperidine rings is 1. The number of hydrogen-bond acceptors (Lipinski definition) is 5. The first-order chi connectivity index (χ1) is 13.3. The van der Waals surface area contributed by atoms with E-state index in [1.807, 2.05) is 11.8 Å². The van der Waals surface area contributed by atoms with Gasteiger partial charge in [-0.2, -0.15) is 4.31 Å². The summed E-state index contributed by atoms with van der Waals surface area (Å²) in [6, 6.07) is 5.96. The number of nitrogens with zero attached hydrogens (tertiary/aromatic N) is 2. The minimum atomic E-state index is -3.46. The lowest BCUT2D eigenvalue weighted by atomic mass is 9.95. The molecular formula is C19H28N4O4S. The van der Waals surface area contributed by atoms with Crippen molar-refractivity contribution in [3.8, 4) is 0 Å². The van der Waals surface area contributed by atoms with E-state index in [1.54, 1.807) is 12.1 Å². The molecule has 8 nitrogen and oxygen atoms in total. The molecule has 0 saturated carbocycles. The molecule has 2 aliphatic heterocycles. The van der Waals surface area contributed by atoms with Gasteiger partial charge >= 0.3 is 0 Å². The predicted molar refractivity (Wildman–Crippen MR) is 106 cm³/mol. The average Bonchev–Trinajstić information content (AvgIpc) is 3.23. The Bertz CT molecular complexity index is 811. The fourth-order valence-electron chi connectivity index (χ4n) is 3.77. The Labute approximate surface area is 166 Å². The molecule has 3 rings (SSSR count). The summed E-state index contributed by atoms with van der Waals surface area (Å²) in [4.78, 5) is 26.1. The lowest BCUT2D eigenvalue weighted by Gasteiger charge is -2.34. The van der Waals surface area contributed by atoms with Crippen LogP contribution in [0.15, 0.2) is 29.2 Å². The molecule has 2 fully saturated rings. The number of nitrogens with one attached hydrogen (secondary N) is 1. The third-order valence-corrected chi connectivity index (χ3v) is 7.60. The van der Waals surface area contributed by atoms with Crippen molar-refractivity contribution in [2.75, 3.05) is 31.5 Å². The Morgan fingerprint density at radius 1 is 1.07 bits per heavy atom. The van der Waals surface area contributed by atoms with E-state index in [4.69, 9.17) is 5.73 Å². The topological polar surface area (TPSA) is 113 Å². The van der Waals surface area contributed by atoms with Gasteiger partial charge in [-0.1, -0.05) is 0 Å². The van der Waals surface area contributed by atoms with Crippen LogP contribution < -0.4 is 11.1 Å². The van der Waals surface area contributed by atoms with E-state index in [-0.39, 0.29) is 28.7 Å². The van der Waals surface area contributed by atoms with Gasteiger partial charge in [0.1, 0.15) is 0 Å². The van der Waals surface area contributed by atoms with Crippen LogP contribution in [0, 0.1) is 5.92 Å². The van der Waals surface area contributed by atoms with Crippen molar-refractivity contribution in [3.05, 3.63) is 24.3 Å². The largest absolute Gasteiger partial charge is 0.369 e. The molecule has 2 heterocycles. The maximum atomic E-state index is 12.6. The molecule has 9 heteroatoms. The van der Waals surface area contributed by atoms with Gasteiger partial charge in [0.2, 0.25) is 21.8 Å². The second kappa shape index (κ2) is 8.59. The molecular weight excluding hydrogens is 380 g/mol. The number of rotatable bonds is 6. The second-order valence-corrected chi connectivity index (χ2v) is 9.45. The van der Waals surface area contributed by atoms with E-state index < -0.39 is 10.0 Å². The van der Waals surface area contributed by atoms with E-state index in [2.05, 4.69) is 5.32 Å². The summed E-state index contributed by atoms with van der Waals surface area (Å²) in [5.41, 5.74) is 5.91. The molecule has 0 aliphatic carbocycles. The number of hydrogen-bond donors (Lipinski definition) is 2. The van der Waals surface area contributed by atoms with E-state index in [9.17, 15) is 18.0 Å². The molecule has 1 aromatic carbocycles. The Morgan fingerprint density at radius 3 is 2.18 bits per heavy atom. The standard InChI is InChI=1S/C19H28N4O4S/c1-14(22-12-8-15(9-13-22)18(20)24)19(25)21-16-4-6-17(7-5-16)28(26,27)23-10-2-3-11-23/h4-7,14-15H,2-3,8-13H2,1H3,(H2,20,24)(H,21,25). The van der Waals surface area contributed by atoms with Gasteiger partial charge in [-0.05, 0) is 70.0 Å². The van der Waals surface area contributed by atoms with E-state index >= 15 is 0 Å². The molecule has 1 atom stereocenters. The average molecular weight is 409 g/mol. The molecule has 28 heavy (non-hydrogen) atoms. The SMILES string of the molecule is CC(C(=O)Nc1ccc(S(=O)(=O)N2CCCC2)cc1)N1CCC(C(N)=O)CC1. The fraction of sp³-hybridized carbons (Fsp3) is 0.579. The third-order valence-electron chi connectivity index (χ3n) is 5.68. The molecule has 0 bridgehead atoms. The van der Waals surface area contributed by atoms with Crippen LogP contribution in [-0.4, -0.2) is 61.7 Å². The Kier molecular flexibility index (Phi) is 6.36. The van der Waals surface area contributed by atoms with Gasteiger partial charge in [0, 0.05) is 24.7 Å². The summed E-state index contributed by atoms with van der Waals surface area (Å²) in [6.07, 6.45) is 3.11. The Hall–Kier alpha value is -1.97. The van der Waals surface area contributed by atoms with Crippen LogP contribution in [0.5, 0.6) is 0 Å². The van der Waals surface area contributed by atoms with Gasteiger partial charge < -0.3 is 11.1 Å². The van der Waals surface area contributed by atoms with Gasteiger partial charge in [0.15, 0.2) is 0 Å². The first kappa shape index (κ1) is 20.8. The van der Waals surface area contributed by atoms with Gasteiger partial charge in [-0.25, -0.2) is 8.42 Å². The van der Waals surface area contributed by atoms with Crippen molar-refractivity contribution in [2.24, 2.45) is 11.7 Å². The maximum Gasteiger partial charge on any atom is 0.243 e. The zero-order chi connectivity index (χ0) is 20.3. The molecule has 1 aromatic rings. The zero-order valence-electron chi connectivity index (χ0n) is 16.1. The van der Waals surface area contributed by atoms with Crippen molar-refractivity contribution in [1.82, 2.24) is 9.21 Å². The number of anilines is 1. The number of benzene rings is 1. The van der Waals surface area contributed by atoms with Crippen LogP contribution >= 0.6 is 0 Å². The summed E-state index contributed by atoms with van der Waals surface area (Å²) in [6.45, 7) is 4.24. The smallest absolute Gasteiger partial charge is 0.243 e. The maximum absolute atomic E-state index is 12.6. The molecule has 2 amide bonds. The highest BCUT2D eigenvalue weighted by Gasteiger charge is 2.29. The lowest BCUT2D eigenvalue weighted by Crippen LogP contribution is -2.47. The van der Waals surface area contributed by atoms with Crippen LogP contribution in [0.3, 0.4) is 0 Å². The van der Waals surface area contributed by atoms with Gasteiger partial charge in [0.05, 0.1) is 10.9 Å². The van der Waals surface area contributed by atoms with Gasteiger partial charge in [-0.3, -0.25) is 14.5 Å². The highest BCUT2D eigenvalue weighted by atomic mass is 32.2. The van der Waals surface area contributed by atoms with E-state index in [0.717, 1.165) is 12.8 Å². The third kappa shape index (κ3) is 4.53. The molecule has 3 N–H and O–H groups in total. The van der Waals surface area contributed by atoms with E-state index in [0.29, 0.717) is 44.7 Å². The summed E-state index contributed by atoms with van der Waals surface area (Å²) >= 11 is 0. The lowest BCUT2D eigenvalue weighted by molar-refractivity contribution is -0.124. The molecule has 0 spiro atoms. The van der Waals surface area contributed by atoms with Crippen molar-refractivity contribution >= 4 is 27.5 Å². The first-order valence-electron chi connectivity index (χ1n) is 9.73. The zero-order valence-corrected chi connectivity index (χ0v) is 17.0. The quantitative estimate of drug-likeness (QED) is 0.729. The number of primary amides is 1. The summed E-state index contributed by atoms with van der Waals surface area (Å²) in [7, 11) is -3.46. The highest BCUT2D eigenvalue weighted by molar-refractivity contribution is 7.89. The van der Waals surface area contributed by atoms with Crippen LogP contribution in [-0.2, 0) is 19.6 Å². The Morgan fingerprint density at radius 2 is 1.64 bits per heavy atom. The fourth-order valence-corrected chi connectivity index (χ4v) is 5.29. The van der Waals surface area contributed by atoms with Gasteiger partial charge in [0.25, 0.3) is 0 Å². The van der Waals surface area contributed by atoms with Crippen molar-refractivity contribution < 1.29 is 18.0 Å². The molecule has 0 aromatic heterocycles. The van der Waals surface area contributed by atoms with Crippen LogP contribution in [0.1, 0.15) is 32.6 Å². The molecule has 154 valence electrons. The highest BCUT2D eigenvalue weighted by Crippen LogP contribution is 2.23. The van der Waals surface area contributed by atoms with Crippen molar-refractivity contribution in [3.63, 3.8) is 0 Å². The number of carbonyl (C=O) groups excluding carboxylic acids is 2.